The van der Waals surface area contributed by atoms with Crippen LogP contribution in [-0.4, -0.2) is 72.2 Å². The van der Waals surface area contributed by atoms with Crippen molar-refractivity contribution in [1.82, 2.24) is 14.8 Å². The Balaban J connectivity index is 1.42. The molecule has 3 heterocycles. The van der Waals surface area contributed by atoms with E-state index in [9.17, 15) is 9.18 Å². The molecule has 3 atom stereocenters. The number of likely N-dealkylation sites (tertiary alicyclic amines) is 2. The minimum absolute atomic E-state index is 0.0206. The lowest BCUT2D eigenvalue weighted by Gasteiger charge is -2.23. The molecule has 1 amide bonds. The Morgan fingerprint density at radius 3 is 3.07 bits per heavy atom. The Bertz CT molecular complexity index is 946. The van der Waals surface area contributed by atoms with Crippen molar-refractivity contribution in [3.63, 3.8) is 0 Å². The van der Waals surface area contributed by atoms with E-state index in [0.717, 1.165) is 35.3 Å². The van der Waals surface area contributed by atoms with E-state index in [2.05, 4.69) is 15.2 Å². The molecule has 0 bridgehead atoms. The highest BCUT2D eigenvalue weighted by atomic mass is 19.1. The molecule has 2 saturated heterocycles. The van der Waals surface area contributed by atoms with E-state index in [1.54, 1.807) is 13.3 Å². The molecule has 4 rings (SSSR count). The molecule has 0 aliphatic carbocycles. The first-order chi connectivity index (χ1) is 14.1. The van der Waals surface area contributed by atoms with Crippen molar-refractivity contribution >= 4 is 22.5 Å². The molecular formula is C21H24FN5O2. The van der Waals surface area contributed by atoms with Gasteiger partial charge in [-0.1, -0.05) is 0 Å². The summed E-state index contributed by atoms with van der Waals surface area (Å²) >= 11 is 0. The number of aromatic nitrogens is 1. The minimum atomic E-state index is -1.11. The van der Waals surface area contributed by atoms with E-state index >= 15 is 0 Å². The number of nitriles is 1. The van der Waals surface area contributed by atoms with Crippen LogP contribution in [0.25, 0.3) is 10.9 Å². The summed E-state index contributed by atoms with van der Waals surface area (Å²) in [5.74, 6) is 0.576. The third-order valence-corrected chi connectivity index (χ3v) is 5.67. The van der Waals surface area contributed by atoms with E-state index < -0.39 is 12.2 Å². The number of fused-ring (bicyclic) bond motifs is 1. The number of halogens is 1. The summed E-state index contributed by atoms with van der Waals surface area (Å²) in [7, 11) is 1.64. The quantitative estimate of drug-likeness (QED) is 0.833. The maximum absolute atomic E-state index is 13.6. The van der Waals surface area contributed by atoms with Gasteiger partial charge in [0.2, 0.25) is 5.91 Å². The zero-order valence-electron chi connectivity index (χ0n) is 16.3. The highest BCUT2D eigenvalue weighted by Crippen LogP contribution is 2.33. The second kappa shape index (κ2) is 8.21. The molecule has 2 aromatic rings. The summed E-state index contributed by atoms with van der Waals surface area (Å²) in [5, 5.41) is 13.7. The third-order valence-electron chi connectivity index (χ3n) is 5.67. The van der Waals surface area contributed by atoms with Crippen LogP contribution in [-0.2, 0) is 4.79 Å². The van der Waals surface area contributed by atoms with Gasteiger partial charge in [0.15, 0.2) is 0 Å². The Morgan fingerprint density at radius 1 is 1.41 bits per heavy atom. The van der Waals surface area contributed by atoms with Crippen LogP contribution in [0, 0.1) is 11.3 Å². The Morgan fingerprint density at radius 2 is 2.28 bits per heavy atom. The van der Waals surface area contributed by atoms with E-state index in [1.807, 2.05) is 30.3 Å². The molecule has 0 radical (unpaired) electrons. The number of carbonyl (C=O) groups is 1. The molecule has 2 aliphatic heterocycles. The first-order valence-electron chi connectivity index (χ1n) is 9.83. The van der Waals surface area contributed by atoms with Crippen LogP contribution >= 0.6 is 0 Å². The number of ether oxygens (including phenoxy) is 1. The van der Waals surface area contributed by atoms with Crippen LogP contribution in [0.1, 0.15) is 12.8 Å². The molecule has 2 aliphatic rings. The van der Waals surface area contributed by atoms with Gasteiger partial charge in [0.25, 0.3) is 0 Å². The number of nitrogens with one attached hydrogen (secondary N) is 1. The van der Waals surface area contributed by atoms with Gasteiger partial charge in [-0.25, -0.2) is 4.39 Å². The molecule has 1 N–H and O–H groups in total. The number of hydrogen-bond acceptors (Lipinski definition) is 6. The van der Waals surface area contributed by atoms with Gasteiger partial charge in [-0.3, -0.25) is 14.7 Å². The van der Waals surface area contributed by atoms with Crippen molar-refractivity contribution < 1.29 is 13.9 Å². The fourth-order valence-electron chi connectivity index (χ4n) is 4.21. The van der Waals surface area contributed by atoms with E-state index in [4.69, 9.17) is 10.00 Å². The number of rotatable bonds is 5. The van der Waals surface area contributed by atoms with Crippen molar-refractivity contribution in [3.8, 4) is 11.8 Å². The first-order valence-corrected chi connectivity index (χ1v) is 9.83. The van der Waals surface area contributed by atoms with Gasteiger partial charge >= 0.3 is 0 Å². The lowest BCUT2D eigenvalue weighted by Crippen LogP contribution is -2.42. The number of methoxy groups -OCH3 is 1. The molecule has 8 heteroatoms. The van der Waals surface area contributed by atoms with Crippen molar-refractivity contribution in [2.45, 2.75) is 31.1 Å². The van der Waals surface area contributed by atoms with Gasteiger partial charge in [0, 0.05) is 37.1 Å². The predicted molar refractivity (Wildman–Crippen MR) is 107 cm³/mol. The van der Waals surface area contributed by atoms with Crippen molar-refractivity contribution in [3.05, 3.63) is 30.5 Å². The van der Waals surface area contributed by atoms with Gasteiger partial charge in [-0.15, -0.1) is 0 Å². The second-order valence-corrected chi connectivity index (χ2v) is 7.60. The standard InChI is InChI=1S/C21H24FN5O2/c1-29-19-5-4-18-17(3-2-7-24-18)21(19)25-15-6-8-26(12-15)13-20(28)27-11-14(22)9-16(27)10-23/h2-5,7,14-16,25H,6,8-9,11-13H2,1H3/t14-,15+,16-/m0/s1. The number of pyridine rings is 1. The number of amides is 1. The van der Waals surface area contributed by atoms with Gasteiger partial charge in [0.1, 0.15) is 18.0 Å². The smallest absolute Gasteiger partial charge is 0.237 e. The van der Waals surface area contributed by atoms with Gasteiger partial charge in [0.05, 0.1) is 37.5 Å². The van der Waals surface area contributed by atoms with Gasteiger partial charge < -0.3 is 15.0 Å². The second-order valence-electron chi connectivity index (χ2n) is 7.60. The summed E-state index contributed by atoms with van der Waals surface area (Å²) in [6, 6.07) is 9.27. The van der Waals surface area contributed by atoms with E-state index in [-0.39, 0.29) is 31.5 Å². The summed E-state index contributed by atoms with van der Waals surface area (Å²) < 4.78 is 19.1. The van der Waals surface area contributed by atoms with Crippen LogP contribution in [0.15, 0.2) is 30.5 Å². The average molecular weight is 397 g/mol. The summed E-state index contributed by atoms with van der Waals surface area (Å²) in [4.78, 5) is 20.4. The molecule has 1 aromatic heterocycles. The number of hydrogen-bond donors (Lipinski definition) is 1. The third kappa shape index (κ3) is 3.96. The largest absolute Gasteiger partial charge is 0.495 e. The molecule has 29 heavy (non-hydrogen) atoms. The summed E-state index contributed by atoms with van der Waals surface area (Å²) in [5.41, 5.74) is 1.79. The van der Waals surface area contributed by atoms with Crippen molar-refractivity contribution in [1.29, 1.82) is 5.26 Å². The fourth-order valence-corrected chi connectivity index (χ4v) is 4.21. The van der Waals surface area contributed by atoms with E-state index in [1.165, 1.54) is 4.90 Å². The Kier molecular flexibility index (Phi) is 5.49. The van der Waals surface area contributed by atoms with Crippen molar-refractivity contribution in [2.75, 3.05) is 38.6 Å². The normalized spacial score (nSPS) is 24.6. The summed E-state index contributed by atoms with van der Waals surface area (Å²) in [6.07, 6.45) is 1.64. The highest BCUT2D eigenvalue weighted by molar-refractivity contribution is 5.94. The molecular weight excluding hydrogens is 373 g/mol. The predicted octanol–water partition coefficient (Wildman–Crippen LogP) is 2.19. The lowest BCUT2D eigenvalue weighted by atomic mass is 10.1. The Labute approximate surface area is 169 Å². The maximum atomic E-state index is 13.6. The highest BCUT2D eigenvalue weighted by Gasteiger charge is 2.36. The topological polar surface area (TPSA) is 81.5 Å². The maximum Gasteiger partial charge on any atom is 0.237 e. The van der Waals surface area contributed by atoms with Gasteiger partial charge in [-0.2, -0.15) is 5.26 Å². The molecule has 0 unspecified atom stereocenters. The Hall–Kier alpha value is -2.92. The molecule has 2 fully saturated rings. The van der Waals surface area contributed by atoms with Crippen LogP contribution in [0.3, 0.4) is 0 Å². The number of nitrogens with zero attached hydrogens (tertiary/aromatic N) is 4. The number of alkyl halides is 1. The lowest BCUT2D eigenvalue weighted by molar-refractivity contribution is -0.132. The zero-order chi connectivity index (χ0) is 20.4. The number of carbonyl (C=O) groups excluding carboxylic acids is 1. The summed E-state index contributed by atoms with van der Waals surface area (Å²) in [6.45, 7) is 1.68. The van der Waals surface area contributed by atoms with Crippen LogP contribution in [0.2, 0.25) is 0 Å². The van der Waals surface area contributed by atoms with Crippen LogP contribution in [0.4, 0.5) is 10.1 Å². The molecule has 1 aromatic carbocycles. The van der Waals surface area contributed by atoms with Crippen LogP contribution in [0.5, 0.6) is 5.75 Å². The number of benzene rings is 1. The van der Waals surface area contributed by atoms with Crippen LogP contribution < -0.4 is 10.1 Å². The van der Waals surface area contributed by atoms with E-state index in [0.29, 0.717) is 6.54 Å². The molecule has 152 valence electrons. The average Bonchev–Trinajstić information content (AvgIpc) is 3.34. The fraction of sp³-hybridized carbons (Fsp3) is 0.476. The minimum Gasteiger partial charge on any atom is -0.495 e. The monoisotopic (exact) mass is 397 g/mol. The molecule has 0 saturated carbocycles. The van der Waals surface area contributed by atoms with Gasteiger partial charge in [-0.05, 0) is 30.7 Å². The molecule has 0 spiro atoms. The SMILES string of the molecule is COc1ccc2ncccc2c1N[C@@H]1CCN(CC(=O)N2C[C@@H](F)C[C@H]2C#N)C1. The zero-order valence-corrected chi connectivity index (χ0v) is 16.3. The molecule has 7 nitrogen and oxygen atoms in total. The van der Waals surface area contributed by atoms with Crippen molar-refractivity contribution in [2.24, 2.45) is 0 Å². The first kappa shape index (κ1) is 19.4. The number of anilines is 1.